The maximum Gasteiger partial charge on any atom is 0.123 e. The van der Waals surface area contributed by atoms with Crippen molar-refractivity contribution < 1.29 is 13.5 Å². The van der Waals surface area contributed by atoms with Gasteiger partial charge >= 0.3 is 0 Å². The highest BCUT2D eigenvalue weighted by Gasteiger charge is 2.12. The number of rotatable bonds is 9. The average Bonchev–Trinajstić information content (AvgIpc) is 2.73. The van der Waals surface area contributed by atoms with E-state index < -0.39 is 0 Å². The molecule has 0 bridgehead atoms. The van der Waals surface area contributed by atoms with Gasteiger partial charge in [-0.2, -0.15) is 0 Å². The molecule has 0 aromatic heterocycles. The molecule has 152 valence electrons. The second kappa shape index (κ2) is 10.4. The molecule has 0 aliphatic rings. The molecule has 1 atom stereocenters. The average molecular weight is 416 g/mol. The van der Waals surface area contributed by atoms with E-state index in [4.69, 9.17) is 16.3 Å². The number of ether oxygens (including phenoxy) is 1. The molecule has 3 aromatic carbocycles. The third-order valence-electron chi connectivity index (χ3n) is 4.80. The van der Waals surface area contributed by atoms with Crippen molar-refractivity contribution in [1.82, 2.24) is 5.32 Å². The maximum atomic E-state index is 13.1. The third kappa shape index (κ3) is 6.55. The van der Waals surface area contributed by atoms with Crippen molar-refractivity contribution in [3.63, 3.8) is 0 Å². The zero-order valence-corrected chi connectivity index (χ0v) is 17.1. The van der Waals surface area contributed by atoms with E-state index in [1.165, 1.54) is 24.3 Å². The fourth-order valence-electron chi connectivity index (χ4n) is 3.08. The van der Waals surface area contributed by atoms with Gasteiger partial charge in [0.15, 0.2) is 0 Å². The second-order valence-electron chi connectivity index (χ2n) is 6.98. The lowest BCUT2D eigenvalue weighted by atomic mass is 10.0. The van der Waals surface area contributed by atoms with E-state index >= 15 is 0 Å². The Kier molecular flexibility index (Phi) is 7.62. The van der Waals surface area contributed by atoms with E-state index in [0.717, 1.165) is 35.3 Å². The molecule has 0 amide bonds. The van der Waals surface area contributed by atoms with Gasteiger partial charge in [0.2, 0.25) is 0 Å². The molecule has 29 heavy (non-hydrogen) atoms. The summed E-state index contributed by atoms with van der Waals surface area (Å²) in [6.07, 6.45) is 1.67. The van der Waals surface area contributed by atoms with Gasteiger partial charge in [0, 0.05) is 17.6 Å². The van der Waals surface area contributed by atoms with Gasteiger partial charge in [0.1, 0.15) is 24.0 Å². The highest BCUT2D eigenvalue weighted by atomic mass is 35.5. The minimum atomic E-state index is -0.265. The van der Waals surface area contributed by atoms with Crippen molar-refractivity contribution in [1.29, 1.82) is 0 Å². The molecule has 0 fully saturated rings. The van der Waals surface area contributed by atoms with E-state index in [1.54, 1.807) is 30.3 Å². The molecule has 0 heterocycles. The van der Waals surface area contributed by atoms with Crippen molar-refractivity contribution in [3.05, 3.63) is 100 Å². The number of hydrogen-bond acceptors (Lipinski definition) is 2. The van der Waals surface area contributed by atoms with Crippen LogP contribution in [0.4, 0.5) is 8.78 Å². The summed E-state index contributed by atoms with van der Waals surface area (Å²) in [7, 11) is 0. The lowest BCUT2D eigenvalue weighted by Gasteiger charge is -2.20. The predicted molar refractivity (Wildman–Crippen MR) is 113 cm³/mol. The molecule has 1 N–H and O–H groups in total. The van der Waals surface area contributed by atoms with Crippen molar-refractivity contribution in [2.75, 3.05) is 0 Å². The minimum Gasteiger partial charge on any atom is -0.489 e. The smallest absolute Gasteiger partial charge is 0.123 e. The summed E-state index contributed by atoms with van der Waals surface area (Å²) in [6.45, 7) is 3.13. The molecule has 2 nitrogen and oxygen atoms in total. The van der Waals surface area contributed by atoms with Gasteiger partial charge in [0.05, 0.1) is 0 Å². The summed E-state index contributed by atoms with van der Waals surface area (Å²) in [5, 5.41) is 4.17. The van der Waals surface area contributed by atoms with Crippen LogP contribution in [0.25, 0.3) is 0 Å². The fourth-order valence-corrected chi connectivity index (χ4v) is 3.28. The van der Waals surface area contributed by atoms with Gasteiger partial charge in [0.25, 0.3) is 0 Å². The van der Waals surface area contributed by atoms with Crippen LogP contribution in [0.5, 0.6) is 5.75 Å². The molecular formula is C24H24ClF2NO. The summed E-state index contributed by atoms with van der Waals surface area (Å²) in [6, 6.07) is 18.6. The highest BCUT2D eigenvalue weighted by molar-refractivity contribution is 6.30. The van der Waals surface area contributed by atoms with Crippen molar-refractivity contribution in [2.45, 2.75) is 39.0 Å². The summed E-state index contributed by atoms with van der Waals surface area (Å²) >= 11 is 6.21. The van der Waals surface area contributed by atoms with Gasteiger partial charge in [-0.05, 0) is 72.0 Å². The van der Waals surface area contributed by atoms with E-state index in [-0.39, 0.29) is 17.7 Å². The molecule has 0 spiro atoms. The zero-order valence-electron chi connectivity index (χ0n) is 16.3. The normalized spacial score (nSPS) is 12.0. The lowest BCUT2D eigenvalue weighted by molar-refractivity contribution is 0.301. The number of nitrogens with one attached hydrogen (secondary N) is 1. The van der Waals surface area contributed by atoms with Crippen LogP contribution >= 0.6 is 11.6 Å². The summed E-state index contributed by atoms with van der Waals surface area (Å²) < 4.78 is 32.1. The molecule has 0 radical (unpaired) electrons. The van der Waals surface area contributed by atoms with Crippen LogP contribution in [0, 0.1) is 11.6 Å². The van der Waals surface area contributed by atoms with Crippen LogP contribution in [0.2, 0.25) is 5.02 Å². The largest absolute Gasteiger partial charge is 0.489 e. The Bertz CT molecular complexity index is 913. The summed E-state index contributed by atoms with van der Waals surface area (Å²) in [5.74, 6) is 0.266. The lowest BCUT2D eigenvalue weighted by Crippen LogP contribution is -2.30. The van der Waals surface area contributed by atoms with E-state index in [2.05, 4.69) is 12.2 Å². The SMILES string of the molecule is CCC(Cc1cc(Cl)ccc1OCc1ccc(F)cc1)NCc1ccc(F)cc1. The molecule has 0 aliphatic heterocycles. The highest BCUT2D eigenvalue weighted by Crippen LogP contribution is 2.26. The minimum absolute atomic E-state index is 0.215. The first kappa shape index (κ1) is 21.3. The monoisotopic (exact) mass is 415 g/mol. The van der Waals surface area contributed by atoms with Crippen LogP contribution in [-0.4, -0.2) is 6.04 Å². The van der Waals surface area contributed by atoms with Crippen LogP contribution < -0.4 is 10.1 Å². The molecule has 0 saturated heterocycles. The molecule has 0 saturated carbocycles. The van der Waals surface area contributed by atoms with Gasteiger partial charge in [-0.3, -0.25) is 0 Å². The quantitative estimate of drug-likeness (QED) is 0.442. The zero-order chi connectivity index (χ0) is 20.6. The molecule has 0 aliphatic carbocycles. The Labute approximate surface area is 175 Å². The summed E-state index contributed by atoms with van der Waals surface area (Å²) in [4.78, 5) is 0. The van der Waals surface area contributed by atoms with Gasteiger partial charge in [-0.15, -0.1) is 0 Å². The van der Waals surface area contributed by atoms with Crippen LogP contribution in [0.15, 0.2) is 66.7 Å². The van der Waals surface area contributed by atoms with Crippen LogP contribution in [-0.2, 0) is 19.6 Å². The molecule has 3 rings (SSSR count). The second-order valence-corrected chi connectivity index (χ2v) is 7.42. The van der Waals surface area contributed by atoms with Crippen LogP contribution in [0.1, 0.15) is 30.0 Å². The van der Waals surface area contributed by atoms with Crippen LogP contribution in [0.3, 0.4) is 0 Å². The van der Waals surface area contributed by atoms with Crippen molar-refractivity contribution >= 4 is 11.6 Å². The van der Waals surface area contributed by atoms with E-state index in [0.29, 0.717) is 18.2 Å². The van der Waals surface area contributed by atoms with Gasteiger partial charge < -0.3 is 10.1 Å². The fraction of sp³-hybridized carbons (Fsp3) is 0.250. The number of hydrogen-bond donors (Lipinski definition) is 1. The Morgan fingerprint density at radius 3 is 2.14 bits per heavy atom. The van der Waals surface area contributed by atoms with E-state index in [9.17, 15) is 8.78 Å². The molecular weight excluding hydrogens is 392 g/mol. The first-order valence-electron chi connectivity index (χ1n) is 9.67. The van der Waals surface area contributed by atoms with Gasteiger partial charge in [-0.25, -0.2) is 8.78 Å². The topological polar surface area (TPSA) is 21.3 Å². The number of benzene rings is 3. The molecule has 5 heteroatoms. The Balaban J connectivity index is 1.65. The van der Waals surface area contributed by atoms with Crippen molar-refractivity contribution in [3.8, 4) is 5.75 Å². The van der Waals surface area contributed by atoms with E-state index in [1.807, 2.05) is 12.1 Å². The first-order chi connectivity index (χ1) is 14.0. The standard InChI is InChI=1S/C24H24ClF2NO/c1-2-23(28-15-17-3-8-21(26)9-4-17)14-19-13-20(25)7-12-24(19)29-16-18-5-10-22(27)11-6-18/h3-13,23,28H,2,14-16H2,1H3. The molecule has 3 aromatic rings. The summed E-state index contributed by atoms with van der Waals surface area (Å²) in [5.41, 5.74) is 2.94. The Morgan fingerprint density at radius 2 is 1.52 bits per heavy atom. The molecule has 1 unspecified atom stereocenters. The number of halogens is 3. The Hall–Kier alpha value is -2.43. The Morgan fingerprint density at radius 1 is 0.897 bits per heavy atom. The van der Waals surface area contributed by atoms with Gasteiger partial charge in [-0.1, -0.05) is 42.8 Å². The predicted octanol–water partition coefficient (Wildman–Crippen LogP) is 6.31. The van der Waals surface area contributed by atoms with Crippen molar-refractivity contribution in [2.24, 2.45) is 0 Å². The first-order valence-corrected chi connectivity index (χ1v) is 10.0. The third-order valence-corrected chi connectivity index (χ3v) is 5.03. The maximum absolute atomic E-state index is 13.1.